The topological polar surface area (TPSA) is 39.6 Å². The maximum atomic E-state index is 8.50. The molecule has 0 amide bonds. The van der Waals surface area contributed by atoms with Crippen LogP contribution in [-0.2, 0) is 0 Å². The lowest BCUT2D eigenvalue weighted by Gasteiger charge is -1.93. The van der Waals surface area contributed by atoms with Gasteiger partial charge in [0.15, 0.2) is 0 Å². The van der Waals surface area contributed by atoms with Gasteiger partial charge in [0, 0.05) is 11.8 Å². The minimum atomic E-state index is 0.484. The number of nitrogens with one attached hydrogen (secondary N) is 1. The molecular formula is C8H7ClN2. The Balaban J connectivity index is 3.05. The molecule has 56 valence electrons. The van der Waals surface area contributed by atoms with Gasteiger partial charge in [-0.2, -0.15) is 5.26 Å². The van der Waals surface area contributed by atoms with E-state index in [9.17, 15) is 0 Å². The standard InChI is InChI=1S/C8H7ClN2/c1-6(5-10)8(9)7-3-2-4-11-7/h2-4,11H,1H3/b8-6-. The van der Waals surface area contributed by atoms with Gasteiger partial charge in [-0.05, 0) is 19.1 Å². The van der Waals surface area contributed by atoms with Crippen LogP contribution in [0.4, 0.5) is 0 Å². The van der Waals surface area contributed by atoms with Gasteiger partial charge < -0.3 is 4.98 Å². The summed E-state index contributed by atoms with van der Waals surface area (Å²) < 4.78 is 0. The fourth-order valence-electron chi connectivity index (χ4n) is 0.718. The lowest BCUT2D eigenvalue weighted by atomic mass is 10.2. The normalized spacial score (nSPS) is 12.1. The molecule has 11 heavy (non-hydrogen) atoms. The van der Waals surface area contributed by atoms with Gasteiger partial charge in [0.1, 0.15) is 0 Å². The molecule has 0 radical (unpaired) electrons. The van der Waals surface area contributed by atoms with E-state index in [-0.39, 0.29) is 0 Å². The van der Waals surface area contributed by atoms with Gasteiger partial charge in [0.2, 0.25) is 0 Å². The van der Waals surface area contributed by atoms with E-state index >= 15 is 0 Å². The fourth-order valence-corrected chi connectivity index (χ4v) is 0.878. The Bertz CT molecular complexity index is 303. The number of nitriles is 1. The van der Waals surface area contributed by atoms with Crippen molar-refractivity contribution in [3.63, 3.8) is 0 Å². The zero-order chi connectivity index (χ0) is 8.27. The Morgan fingerprint density at radius 3 is 2.91 bits per heavy atom. The van der Waals surface area contributed by atoms with Crippen molar-refractivity contribution in [2.75, 3.05) is 0 Å². The molecule has 1 heterocycles. The van der Waals surface area contributed by atoms with Crippen molar-refractivity contribution in [1.82, 2.24) is 4.98 Å². The second kappa shape index (κ2) is 3.27. The van der Waals surface area contributed by atoms with Gasteiger partial charge in [-0.25, -0.2) is 0 Å². The summed E-state index contributed by atoms with van der Waals surface area (Å²) in [4.78, 5) is 2.91. The number of aromatic amines is 1. The van der Waals surface area contributed by atoms with Gasteiger partial charge in [-0.3, -0.25) is 0 Å². The third-order valence-corrected chi connectivity index (χ3v) is 1.82. The molecule has 3 heteroatoms. The largest absolute Gasteiger partial charge is 0.360 e. The van der Waals surface area contributed by atoms with E-state index in [1.165, 1.54) is 0 Å². The van der Waals surface area contributed by atoms with Crippen molar-refractivity contribution in [2.24, 2.45) is 0 Å². The van der Waals surface area contributed by atoms with Crippen LogP contribution < -0.4 is 0 Å². The molecule has 0 aliphatic carbocycles. The Hall–Kier alpha value is -1.20. The van der Waals surface area contributed by atoms with E-state index < -0.39 is 0 Å². The SMILES string of the molecule is C/C(C#N)=C(/Cl)c1ccc[nH]1. The third-order valence-electron chi connectivity index (χ3n) is 1.33. The molecule has 0 aliphatic rings. The number of hydrogen-bond donors (Lipinski definition) is 1. The van der Waals surface area contributed by atoms with E-state index in [0.717, 1.165) is 5.69 Å². The van der Waals surface area contributed by atoms with Crippen LogP contribution in [0.25, 0.3) is 5.03 Å². The van der Waals surface area contributed by atoms with Gasteiger partial charge in [-0.15, -0.1) is 0 Å². The molecule has 0 bridgehead atoms. The quantitative estimate of drug-likeness (QED) is 0.640. The number of halogens is 1. The molecule has 0 saturated heterocycles. The number of nitrogens with zero attached hydrogens (tertiary/aromatic N) is 1. The highest BCUT2D eigenvalue weighted by Gasteiger charge is 2.01. The molecule has 1 aromatic heterocycles. The molecular weight excluding hydrogens is 160 g/mol. The summed E-state index contributed by atoms with van der Waals surface area (Å²) >= 11 is 5.82. The van der Waals surface area contributed by atoms with Crippen molar-refractivity contribution in [3.05, 3.63) is 29.6 Å². The van der Waals surface area contributed by atoms with Gasteiger partial charge >= 0.3 is 0 Å². The molecule has 0 spiro atoms. The maximum absolute atomic E-state index is 8.50. The highest BCUT2D eigenvalue weighted by atomic mass is 35.5. The van der Waals surface area contributed by atoms with E-state index in [1.807, 2.05) is 18.2 Å². The van der Waals surface area contributed by atoms with Gasteiger partial charge in [0.05, 0.1) is 16.8 Å². The first-order chi connectivity index (χ1) is 5.25. The van der Waals surface area contributed by atoms with Crippen molar-refractivity contribution < 1.29 is 0 Å². The molecule has 0 atom stereocenters. The van der Waals surface area contributed by atoms with Gasteiger partial charge in [-0.1, -0.05) is 11.6 Å². The summed E-state index contributed by atoms with van der Waals surface area (Å²) in [5.74, 6) is 0. The predicted octanol–water partition coefficient (Wildman–Crippen LogP) is 2.51. The zero-order valence-corrected chi connectivity index (χ0v) is 6.81. The van der Waals surface area contributed by atoms with Crippen LogP contribution in [-0.4, -0.2) is 4.98 Å². The van der Waals surface area contributed by atoms with Crippen LogP contribution >= 0.6 is 11.6 Å². The number of H-pyrrole nitrogens is 1. The maximum Gasteiger partial charge on any atom is 0.0960 e. The second-order valence-electron chi connectivity index (χ2n) is 2.13. The lowest BCUT2D eigenvalue weighted by molar-refractivity contribution is 1.35. The summed E-state index contributed by atoms with van der Waals surface area (Å²) in [6.07, 6.45) is 1.77. The molecule has 0 unspecified atom stereocenters. The summed E-state index contributed by atoms with van der Waals surface area (Å²) in [6.45, 7) is 1.68. The van der Waals surface area contributed by atoms with Crippen molar-refractivity contribution >= 4 is 16.6 Å². The molecule has 2 nitrogen and oxygen atoms in total. The van der Waals surface area contributed by atoms with Crippen LogP contribution in [0.2, 0.25) is 0 Å². The zero-order valence-electron chi connectivity index (χ0n) is 6.06. The highest BCUT2D eigenvalue weighted by molar-refractivity contribution is 6.49. The summed E-state index contributed by atoms with van der Waals surface area (Å²) in [5.41, 5.74) is 1.31. The second-order valence-corrected chi connectivity index (χ2v) is 2.51. The van der Waals surface area contributed by atoms with Crippen LogP contribution in [0.3, 0.4) is 0 Å². The highest BCUT2D eigenvalue weighted by Crippen LogP contribution is 2.20. The summed E-state index contributed by atoms with van der Waals surface area (Å²) in [7, 11) is 0. The molecule has 1 rings (SSSR count). The molecule has 1 N–H and O–H groups in total. The number of aromatic nitrogens is 1. The first kappa shape index (κ1) is 7.90. The molecule has 0 fully saturated rings. The van der Waals surface area contributed by atoms with Crippen LogP contribution in [0, 0.1) is 11.3 Å². The molecule has 0 aromatic carbocycles. The third kappa shape index (κ3) is 1.63. The first-order valence-corrected chi connectivity index (χ1v) is 3.53. The minimum Gasteiger partial charge on any atom is -0.360 e. The monoisotopic (exact) mass is 166 g/mol. The number of allylic oxidation sites excluding steroid dienone is 1. The molecule has 0 aliphatic heterocycles. The fraction of sp³-hybridized carbons (Fsp3) is 0.125. The molecule has 0 saturated carbocycles. The first-order valence-electron chi connectivity index (χ1n) is 3.16. The lowest BCUT2D eigenvalue weighted by Crippen LogP contribution is -1.79. The average Bonchev–Trinajstić information content (AvgIpc) is 2.53. The molecule has 1 aromatic rings. The Morgan fingerprint density at radius 2 is 2.45 bits per heavy atom. The van der Waals surface area contributed by atoms with Crippen LogP contribution in [0.1, 0.15) is 12.6 Å². The van der Waals surface area contributed by atoms with Gasteiger partial charge in [0.25, 0.3) is 0 Å². The van der Waals surface area contributed by atoms with Crippen LogP contribution in [0.15, 0.2) is 23.9 Å². The van der Waals surface area contributed by atoms with Crippen molar-refractivity contribution in [2.45, 2.75) is 6.92 Å². The van der Waals surface area contributed by atoms with E-state index in [4.69, 9.17) is 16.9 Å². The summed E-state index contributed by atoms with van der Waals surface area (Å²) in [5, 5.41) is 8.98. The van der Waals surface area contributed by atoms with E-state index in [0.29, 0.717) is 10.6 Å². The Kier molecular flexibility index (Phi) is 2.35. The minimum absolute atomic E-state index is 0.484. The number of hydrogen-bond acceptors (Lipinski definition) is 1. The van der Waals surface area contributed by atoms with Crippen molar-refractivity contribution in [3.8, 4) is 6.07 Å². The predicted molar refractivity (Wildman–Crippen MR) is 44.9 cm³/mol. The average molecular weight is 167 g/mol. The van der Waals surface area contributed by atoms with E-state index in [1.54, 1.807) is 13.1 Å². The number of rotatable bonds is 1. The summed E-state index contributed by atoms with van der Waals surface area (Å²) in [6, 6.07) is 5.64. The van der Waals surface area contributed by atoms with Crippen molar-refractivity contribution in [1.29, 1.82) is 5.26 Å². The Labute approximate surface area is 70.1 Å². The Morgan fingerprint density at radius 1 is 1.73 bits per heavy atom. The van der Waals surface area contributed by atoms with E-state index in [2.05, 4.69) is 4.98 Å². The smallest absolute Gasteiger partial charge is 0.0960 e. The van der Waals surface area contributed by atoms with Crippen LogP contribution in [0.5, 0.6) is 0 Å².